The van der Waals surface area contributed by atoms with Crippen LogP contribution in [0.25, 0.3) is 21.8 Å². The first kappa shape index (κ1) is 30.4. The summed E-state index contributed by atoms with van der Waals surface area (Å²) in [5.41, 5.74) is 10.4. The van der Waals surface area contributed by atoms with Gasteiger partial charge < -0.3 is 30.4 Å². The van der Waals surface area contributed by atoms with Gasteiger partial charge in [-0.1, -0.05) is 20.8 Å². The Labute approximate surface area is 248 Å². The highest BCUT2D eigenvalue weighted by molar-refractivity contribution is 14.1. The fourth-order valence-electron chi connectivity index (χ4n) is 4.18. The molecule has 0 aliphatic carbocycles. The number of nitrogens with zero attached hydrogens (tertiary/aromatic N) is 4. The lowest BCUT2D eigenvalue weighted by atomic mass is 9.93. The zero-order chi connectivity index (χ0) is 30.6. The molecule has 14 heteroatoms. The quantitative estimate of drug-likeness (QED) is 0.242. The maximum atomic E-state index is 15.9. The molecule has 220 valence electrons. The van der Waals surface area contributed by atoms with Gasteiger partial charge in [0.2, 0.25) is 11.5 Å². The van der Waals surface area contributed by atoms with Gasteiger partial charge in [0.15, 0.2) is 29.0 Å². The molecule has 0 atom stereocenters. The van der Waals surface area contributed by atoms with Crippen molar-refractivity contribution in [2.75, 3.05) is 39.4 Å². The van der Waals surface area contributed by atoms with Gasteiger partial charge in [0, 0.05) is 5.41 Å². The fraction of sp³-hybridized carbons (Fsp3) is 0.407. The maximum absolute atomic E-state index is 15.9. The summed E-state index contributed by atoms with van der Waals surface area (Å²) in [5, 5.41) is -0.352. The van der Waals surface area contributed by atoms with Crippen molar-refractivity contribution in [1.29, 1.82) is 0 Å². The molecule has 4 N–H and O–H groups in total. The summed E-state index contributed by atoms with van der Waals surface area (Å²) >= 11 is 1.95. The van der Waals surface area contributed by atoms with Crippen LogP contribution in [0.4, 0.5) is 24.8 Å². The molecular weight excluding hydrogens is 656 g/mol. The number of nitrogens with two attached hydrogens (primary N) is 2. The highest BCUT2D eigenvalue weighted by Gasteiger charge is 2.33. The lowest BCUT2D eigenvalue weighted by Gasteiger charge is -2.25. The van der Waals surface area contributed by atoms with Crippen LogP contribution in [0, 0.1) is 21.0 Å². The SMILES string of the molecule is COc1c(OC)c(F)c2c(N)nc(C(C)(C)COc3c(OC)c(F)c4c(N)nc(C(C)(C)C)nc4c3F)nc2c1I. The minimum absolute atomic E-state index is 0.0382. The Morgan fingerprint density at radius 1 is 0.659 bits per heavy atom. The fourth-order valence-corrected chi connectivity index (χ4v) is 5.03. The van der Waals surface area contributed by atoms with Gasteiger partial charge in [-0.3, -0.25) is 0 Å². The summed E-state index contributed by atoms with van der Waals surface area (Å²) in [6.07, 6.45) is 0. The number of nitrogen functional groups attached to an aromatic ring is 2. The Balaban J connectivity index is 1.83. The molecule has 0 saturated carbocycles. The molecule has 41 heavy (non-hydrogen) atoms. The highest BCUT2D eigenvalue weighted by atomic mass is 127. The number of ether oxygens (including phenoxy) is 4. The van der Waals surface area contributed by atoms with E-state index in [4.69, 9.17) is 30.4 Å². The second-order valence-corrected chi connectivity index (χ2v) is 12.0. The topological polar surface area (TPSA) is 141 Å². The van der Waals surface area contributed by atoms with Crippen LogP contribution in [-0.2, 0) is 10.8 Å². The third-order valence-corrected chi connectivity index (χ3v) is 7.41. The van der Waals surface area contributed by atoms with Crippen LogP contribution >= 0.6 is 22.6 Å². The van der Waals surface area contributed by atoms with Crippen molar-refractivity contribution in [3.63, 3.8) is 0 Å². The van der Waals surface area contributed by atoms with E-state index in [0.717, 1.165) is 0 Å². The normalized spacial score (nSPS) is 12.2. The minimum atomic E-state index is -1.04. The molecule has 0 fully saturated rings. The molecule has 0 radical (unpaired) electrons. The molecule has 0 bridgehead atoms. The number of hydrogen-bond donors (Lipinski definition) is 2. The molecule has 0 unspecified atom stereocenters. The first-order valence-corrected chi connectivity index (χ1v) is 13.4. The van der Waals surface area contributed by atoms with Crippen LogP contribution in [0.15, 0.2) is 0 Å². The molecule has 4 rings (SSSR count). The Morgan fingerprint density at radius 3 is 1.63 bits per heavy atom. The monoisotopic (exact) mass is 686 g/mol. The van der Waals surface area contributed by atoms with E-state index in [1.807, 2.05) is 43.4 Å². The number of hydrogen-bond acceptors (Lipinski definition) is 10. The summed E-state index contributed by atoms with van der Waals surface area (Å²) in [5.74, 6) is -3.69. The number of benzene rings is 2. The van der Waals surface area contributed by atoms with E-state index in [9.17, 15) is 0 Å². The van der Waals surface area contributed by atoms with Crippen LogP contribution in [0.5, 0.6) is 23.0 Å². The van der Waals surface area contributed by atoms with E-state index in [0.29, 0.717) is 3.57 Å². The third-order valence-electron chi connectivity index (χ3n) is 6.40. The van der Waals surface area contributed by atoms with Crippen LogP contribution in [0.3, 0.4) is 0 Å². The standard InChI is InChI=1S/C27H30F3IN6O4/c1-26(2,3)24-34-16-10(22(32)36-24)12(28)18(38-6)20(14(16)30)41-9-27(4,5)25-35-17-11(23(33)37-25)13(29)19(39-7)21(40-8)15(17)31/h9H2,1-8H3,(H2,32,34,36)(H2,33,35,37). The van der Waals surface area contributed by atoms with E-state index in [1.54, 1.807) is 13.8 Å². The molecule has 0 amide bonds. The molecule has 0 aliphatic rings. The molecule has 0 saturated heterocycles. The number of methoxy groups -OCH3 is 3. The molecular formula is C27H30F3IN6O4. The van der Waals surface area contributed by atoms with Gasteiger partial charge in [0.25, 0.3) is 0 Å². The van der Waals surface area contributed by atoms with Crippen LogP contribution in [0.2, 0.25) is 0 Å². The molecule has 10 nitrogen and oxygen atoms in total. The van der Waals surface area contributed by atoms with Gasteiger partial charge in [0.1, 0.15) is 35.4 Å². The van der Waals surface area contributed by atoms with E-state index in [-0.39, 0.29) is 63.2 Å². The average Bonchev–Trinajstić information content (AvgIpc) is 2.90. The highest BCUT2D eigenvalue weighted by Crippen LogP contribution is 2.44. The smallest absolute Gasteiger partial charge is 0.202 e. The molecule has 4 aromatic rings. The van der Waals surface area contributed by atoms with Gasteiger partial charge in [-0.05, 0) is 36.4 Å². The molecule has 0 aliphatic heterocycles. The van der Waals surface area contributed by atoms with Crippen molar-refractivity contribution < 1.29 is 32.1 Å². The van der Waals surface area contributed by atoms with Crippen molar-refractivity contribution in [2.45, 2.75) is 45.4 Å². The van der Waals surface area contributed by atoms with Crippen LogP contribution in [0.1, 0.15) is 46.3 Å². The number of halogens is 4. The number of fused-ring (bicyclic) bond motifs is 2. The van der Waals surface area contributed by atoms with E-state index in [1.165, 1.54) is 21.3 Å². The first-order valence-electron chi connectivity index (χ1n) is 12.3. The lowest BCUT2D eigenvalue weighted by Crippen LogP contribution is -2.30. The molecule has 2 aromatic heterocycles. The van der Waals surface area contributed by atoms with E-state index >= 15 is 13.2 Å². The predicted octanol–water partition coefficient (Wildman–Crippen LogP) is 5.44. The Morgan fingerprint density at radius 2 is 1.12 bits per heavy atom. The summed E-state index contributed by atoms with van der Waals surface area (Å²) in [6.45, 7) is 8.61. The van der Waals surface area contributed by atoms with E-state index < -0.39 is 39.8 Å². The van der Waals surface area contributed by atoms with Gasteiger partial charge in [0.05, 0.1) is 46.6 Å². The predicted molar refractivity (Wildman–Crippen MR) is 157 cm³/mol. The van der Waals surface area contributed by atoms with Crippen molar-refractivity contribution in [3.05, 3.63) is 32.7 Å². The second kappa shape index (κ2) is 10.7. The zero-order valence-corrected chi connectivity index (χ0v) is 26.0. The summed E-state index contributed by atoms with van der Waals surface area (Å²) in [6, 6.07) is 0. The van der Waals surface area contributed by atoms with Gasteiger partial charge in [-0.2, -0.15) is 0 Å². The number of rotatable bonds is 7. The Kier molecular flexibility index (Phi) is 7.92. The third kappa shape index (κ3) is 5.06. The Hall–Kier alpha value is -3.56. The van der Waals surface area contributed by atoms with Crippen LogP contribution < -0.4 is 30.4 Å². The zero-order valence-electron chi connectivity index (χ0n) is 23.8. The Bertz CT molecular complexity index is 1700. The molecule has 2 heterocycles. The van der Waals surface area contributed by atoms with Crippen LogP contribution in [-0.4, -0.2) is 47.9 Å². The largest absolute Gasteiger partial charge is 0.492 e. The van der Waals surface area contributed by atoms with Crippen molar-refractivity contribution in [3.8, 4) is 23.0 Å². The lowest BCUT2D eigenvalue weighted by molar-refractivity contribution is 0.213. The van der Waals surface area contributed by atoms with Crippen molar-refractivity contribution in [2.24, 2.45) is 0 Å². The summed E-state index contributed by atoms with van der Waals surface area (Å²) in [4.78, 5) is 17.3. The van der Waals surface area contributed by atoms with Gasteiger partial charge in [-0.15, -0.1) is 0 Å². The molecule has 0 spiro atoms. The molecule has 2 aromatic carbocycles. The number of aromatic nitrogens is 4. The minimum Gasteiger partial charge on any atom is -0.492 e. The average molecular weight is 686 g/mol. The van der Waals surface area contributed by atoms with Crippen molar-refractivity contribution in [1.82, 2.24) is 19.9 Å². The number of anilines is 2. The second-order valence-electron chi connectivity index (χ2n) is 10.9. The first-order chi connectivity index (χ1) is 19.1. The van der Waals surface area contributed by atoms with Crippen molar-refractivity contribution >= 4 is 56.0 Å². The van der Waals surface area contributed by atoms with Gasteiger partial charge >= 0.3 is 0 Å². The summed E-state index contributed by atoms with van der Waals surface area (Å²) in [7, 11) is 3.86. The summed E-state index contributed by atoms with van der Waals surface area (Å²) < 4.78 is 68.7. The van der Waals surface area contributed by atoms with E-state index in [2.05, 4.69) is 19.9 Å². The van der Waals surface area contributed by atoms with Gasteiger partial charge in [-0.25, -0.2) is 33.1 Å². The maximum Gasteiger partial charge on any atom is 0.202 e.